The fourth-order valence-corrected chi connectivity index (χ4v) is 3.51. The first kappa shape index (κ1) is 26.9. The van der Waals surface area contributed by atoms with E-state index in [1.165, 1.54) is 0 Å². The van der Waals surface area contributed by atoms with Gasteiger partial charge in [0.1, 0.15) is 11.5 Å². The molecule has 0 atom stereocenters. The van der Waals surface area contributed by atoms with Crippen molar-refractivity contribution in [2.45, 2.75) is 0 Å². The van der Waals surface area contributed by atoms with E-state index < -0.39 is 0 Å². The van der Waals surface area contributed by atoms with Crippen LogP contribution in [0.5, 0.6) is 34.5 Å². The van der Waals surface area contributed by atoms with Crippen LogP contribution in [0.25, 0.3) is 0 Å². The summed E-state index contributed by atoms with van der Waals surface area (Å²) in [6, 6.07) is 28.1. The zero-order valence-corrected chi connectivity index (χ0v) is 21.5. The number of anilines is 2. The first-order chi connectivity index (χ1) is 19.0. The largest absolute Gasteiger partial charge is 0.493 e. The molecule has 0 spiro atoms. The highest BCUT2D eigenvalue weighted by Gasteiger charge is 2.09. The van der Waals surface area contributed by atoms with E-state index in [4.69, 9.17) is 23.7 Å². The van der Waals surface area contributed by atoms with E-state index in [1.807, 2.05) is 12.1 Å². The maximum atomic E-state index is 12.3. The molecule has 0 bridgehead atoms. The van der Waals surface area contributed by atoms with Gasteiger partial charge in [0.05, 0.1) is 14.2 Å². The highest BCUT2D eigenvalue weighted by molar-refractivity contribution is 5.92. The normalized spacial score (nSPS) is 10.2. The van der Waals surface area contributed by atoms with Crippen LogP contribution in [0.4, 0.5) is 11.4 Å². The number of methoxy groups -OCH3 is 2. The zero-order valence-electron chi connectivity index (χ0n) is 21.5. The van der Waals surface area contributed by atoms with Gasteiger partial charge in [0.25, 0.3) is 11.8 Å². The number of carbonyl (C=O) groups excluding carboxylic acids is 2. The topological polar surface area (TPSA) is 104 Å². The van der Waals surface area contributed by atoms with E-state index in [9.17, 15) is 9.59 Å². The van der Waals surface area contributed by atoms with Crippen LogP contribution >= 0.6 is 0 Å². The van der Waals surface area contributed by atoms with Crippen molar-refractivity contribution in [3.05, 3.63) is 97.1 Å². The van der Waals surface area contributed by atoms with E-state index in [2.05, 4.69) is 10.6 Å². The fraction of sp³-hybridized carbons (Fsp3) is 0.133. The number of carbonyl (C=O) groups is 2. The summed E-state index contributed by atoms with van der Waals surface area (Å²) in [6.07, 6.45) is 0. The third kappa shape index (κ3) is 7.90. The van der Waals surface area contributed by atoms with E-state index >= 15 is 0 Å². The number of nitrogens with one attached hydrogen (secondary N) is 2. The molecule has 0 aliphatic rings. The fourth-order valence-electron chi connectivity index (χ4n) is 3.51. The van der Waals surface area contributed by atoms with E-state index in [1.54, 1.807) is 99.1 Å². The van der Waals surface area contributed by atoms with Crippen LogP contribution in [-0.4, -0.2) is 39.2 Å². The number of hydrogen-bond donors (Lipinski definition) is 2. The Morgan fingerprint density at radius 2 is 0.897 bits per heavy atom. The van der Waals surface area contributed by atoms with Crippen molar-refractivity contribution in [1.82, 2.24) is 0 Å². The Labute approximate surface area is 226 Å². The number of hydrogen-bond acceptors (Lipinski definition) is 7. The average molecular weight is 529 g/mol. The monoisotopic (exact) mass is 528 g/mol. The lowest BCUT2D eigenvalue weighted by Crippen LogP contribution is -2.20. The van der Waals surface area contributed by atoms with Gasteiger partial charge < -0.3 is 34.3 Å². The Balaban J connectivity index is 1.22. The molecular formula is C30H28N2O7. The first-order valence-electron chi connectivity index (χ1n) is 12.0. The number of para-hydroxylation sites is 4. The minimum Gasteiger partial charge on any atom is -0.493 e. The molecule has 0 heterocycles. The first-order valence-corrected chi connectivity index (χ1v) is 12.0. The predicted molar refractivity (Wildman–Crippen MR) is 147 cm³/mol. The van der Waals surface area contributed by atoms with E-state index in [0.717, 1.165) is 0 Å². The van der Waals surface area contributed by atoms with Gasteiger partial charge in [0.15, 0.2) is 36.2 Å². The lowest BCUT2D eigenvalue weighted by atomic mass is 10.2. The SMILES string of the molecule is COc1ccccc1OCC(=O)Nc1ccc(Oc2ccc(NC(=O)COc3ccccc3OC)cc2)cc1. The van der Waals surface area contributed by atoms with E-state index in [-0.39, 0.29) is 25.0 Å². The van der Waals surface area contributed by atoms with Crippen LogP contribution in [0.1, 0.15) is 0 Å². The molecule has 0 radical (unpaired) electrons. The van der Waals surface area contributed by atoms with Crippen LogP contribution in [0.3, 0.4) is 0 Å². The summed E-state index contributed by atoms with van der Waals surface area (Å²) in [7, 11) is 3.08. The summed E-state index contributed by atoms with van der Waals surface area (Å²) in [4.78, 5) is 24.5. The maximum absolute atomic E-state index is 12.3. The molecule has 4 aromatic carbocycles. The minimum atomic E-state index is -0.305. The summed E-state index contributed by atoms with van der Waals surface area (Å²) in [6.45, 7) is -0.317. The molecule has 2 amide bonds. The smallest absolute Gasteiger partial charge is 0.262 e. The summed E-state index contributed by atoms with van der Waals surface area (Å²) in [5.74, 6) is 2.65. The van der Waals surface area contributed by atoms with Crippen LogP contribution in [-0.2, 0) is 9.59 Å². The second kappa shape index (κ2) is 13.4. The molecule has 0 aromatic heterocycles. The number of ether oxygens (including phenoxy) is 5. The Bertz CT molecular complexity index is 1280. The molecule has 0 saturated heterocycles. The molecule has 4 aromatic rings. The lowest BCUT2D eigenvalue weighted by molar-refractivity contribution is -0.118. The van der Waals surface area contributed by atoms with Crippen molar-refractivity contribution in [1.29, 1.82) is 0 Å². The predicted octanol–water partition coefficient (Wildman–Crippen LogP) is 5.53. The van der Waals surface area contributed by atoms with Crippen molar-refractivity contribution >= 4 is 23.2 Å². The quantitative estimate of drug-likeness (QED) is 0.249. The van der Waals surface area contributed by atoms with Gasteiger partial charge in [0.2, 0.25) is 0 Å². The highest BCUT2D eigenvalue weighted by atomic mass is 16.5. The highest BCUT2D eigenvalue weighted by Crippen LogP contribution is 2.27. The molecule has 2 N–H and O–H groups in total. The van der Waals surface area contributed by atoms with Gasteiger partial charge in [-0.05, 0) is 72.8 Å². The number of benzene rings is 4. The standard InChI is InChI=1S/C30H28N2O7/c1-35-25-7-3-5-9-27(25)37-19-29(33)31-21-11-15-23(16-12-21)39-24-17-13-22(14-18-24)32-30(34)20-38-28-10-6-4-8-26(28)36-2/h3-18H,19-20H2,1-2H3,(H,31,33)(H,32,34). The molecule has 200 valence electrons. The Hall–Kier alpha value is -5.18. The Morgan fingerprint density at radius 1 is 0.538 bits per heavy atom. The molecular weight excluding hydrogens is 500 g/mol. The van der Waals surface area contributed by atoms with Crippen LogP contribution < -0.4 is 34.3 Å². The van der Waals surface area contributed by atoms with Gasteiger partial charge >= 0.3 is 0 Å². The molecule has 0 aliphatic heterocycles. The second-order valence-corrected chi connectivity index (χ2v) is 8.13. The van der Waals surface area contributed by atoms with Gasteiger partial charge in [-0.2, -0.15) is 0 Å². The molecule has 0 fully saturated rings. The van der Waals surface area contributed by atoms with Gasteiger partial charge in [-0.3, -0.25) is 9.59 Å². The summed E-state index contributed by atoms with van der Waals surface area (Å²) >= 11 is 0. The van der Waals surface area contributed by atoms with E-state index in [0.29, 0.717) is 45.9 Å². The average Bonchev–Trinajstić information content (AvgIpc) is 2.97. The van der Waals surface area contributed by atoms with Crippen molar-refractivity contribution < 1.29 is 33.3 Å². The molecule has 0 aliphatic carbocycles. The molecule has 9 nitrogen and oxygen atoms in total. The molecule has 0 saturated carbocycles. The second-order valence-electron chi connectivity index (χ2n) is 8.13. The summed E-state index contributed by atoms with van der Waals surface area (Å²) < 4.78 is 27.4. The van der Waals surface area contributed by atoms with Crippen LogP contribution in [0.2, 0.25) is 0 Å². The van der Waals surface area contributed by atoms with Crippen molar-refractivity contribution in [2.24, 2.45) is 0 Å². The van der Waals surface area contributed by atoms with Crippen LogP contribution in [0, 0.1) is 0 Å². The third-order valence-electron chi connectivity index (χ3n) is 5.37. The number of amides is 2. The minimum absolute atomic E-state index is 0.159. The van der Waals surface area contributed by atoms with Gasteiger partial charge in [-0.25, -0.2) is 0 Å². The Kier molecular flexibility index (Phi) is 9.22. The van der Waals surface area contributed by atoms with Crippen molar-refractivity contribution in [2.75, 3.05) is 38.1 Å². The third-order valence-corrected chi connectivity index (χ3v) is 5.37. The van der Waals surface area contributed by atoms with Crippen LogP contribution in [0.15, 0.2) is 97.1 Å². The molecule has 9 heteroatoms. The van der Waals surface area contributed by atoms with Gasteiger partial charge in [-0.15, -0.1) is 0 Å². The van der Waals surface area contributed by atoms with Gasteiger partial charge in [-0.1, -0.05) is 24.3 Å². The molecule has 0 unspecified atom stereocenters. The zero-order chi connectivity index (χ0) is 27.5. The maximum Gasteiger partial charge on any atom is 0.262 e. The lowest BCUT2D eigenvalue weighted by Gasteiger charge is -2.12. The molecule has 39 heavy (non-hydrogen) atoms. The van der Waals surface area contributed by atoms with Gasteiger partial charge in [0, 0.05) is 11.4 Å². The molecule has 4 rings (SSSR count). The van der Waals surface area contributed by atoms with Crippen molar-refractivity contribution in [3.63, 3.8) is 0 Å². The summed E-state index contributed by atoms with van der Waals surface area (Å²) in [5, 5.41) is 5.55. The van der Waals surface area contributed by atoms with Crippen molar-refractivity contribution in [3.8, 4) is 34.5 Å². The Morgan fingerprint density at radius 3 is 1.26 bits per heavy atom. The summed E-state index contributed by atoms with van der Waals surface area (Å²) in [5.41, 5.74) is 1.20. The number of rotatable bonds is 12.